The van der Waals surface area contributed by atoms with Crippen molar-refractivity contribution in [3.8, 4) is 0 Å². The molecule has 0 aromatic carbocycles. The van der Waals surface area contributed by atoms with Gasteiger partial charge in [-0.2, -0.15) is 0 Å². The molecule has 140 valence electrons. The highest BCUT2D eigenvalue weighted by molar-refractivity contribution is 8.02. The van der Waals surface area contributed by atoms with E-state index in [4.69, 9.17) is 4.74 Å². The van der Waals surface area contributed by atoms with Crippen LogP contribution in [-0.4, -0.2) is 46.7 Å². The first kappa shape index (κ1) is 18.9. The molecule has 1 amide bonds. The zero-order valence-corrected chi connectivity index (χ0v) is 16.5. The second kappa shape index (κ2) is 9.73. The quantitative estimate of drug-likeness (QED) is 0.554. The van der Waals surface area contributed by atoms with Crippen molar-refractivity contribution in [1.82, 2.24) is 15.5 Å². The summed E-state index contributed by atoms with van der Waals surface area (Å²) < 4.78 is 6.43. The number of hydrogen-bond donors (Lipinski definition) is 2. The molecule has 3 rings (SSSR count). The van der Waals surface area contributed by atoms with Crippen LogP contribution in [0, 0.1) is 0 Å². The van der Waals surface area contributed by atoms with E-state index in [9.17, 15) is 4.79 Å². The number of thioether (sulfide) groups is 1. The topological polar surface area (TPSA) is 76.1 Å². The Kier molecular flexibility index (Phi) is 7.36. The van der Waals surface area contributed by atoms with E-state index < -0.39 is 0 Å². The van der Waals surface area contributed by atoms with Crippen molar-refractivity contribution in [3.63, 3.8) is 0 Å². The maximum absolute atomic E-state index is 12.4. The predicted octanol–water partition coefficient (Wildman–Crippen LogP) is 3.45. The van der Waals surface area contributed by atoms with Gasteiger partial charge in [0.2, 0.25) is 11.0 Å². The highest BCUT2D eigenvalue weighted by atomic mass is 32.2. The summed E-state index contributed by atoms with van der Waals surface area (Å²) in [5, 5.41) is 15.5. The molecule has 0 bridgehead atoms. The van der Waals surface area contributed by atoms with Gasteiger partial charge >= 0.3 is 0 Å². The lowest BCUT2D eigenvalue weighted by Gasteiger charge is -2.18. The maximum Gasteiger partial charge on any atom is 0.233 e. The van der Waals surface area contributed by atoms with Gasteiger partial charge in [0.25, 0.3) is 0 Å². The summed E-state index contributed by atoms with van der Waals surface area (Å²) in [7, 11) is 0. The lowest BCUT2D eigenvalue weighted by Crippen LogP contribution is -2.39. The summed E-state index contributed by atoms with van der Waals surface area (Å²) in [6.07, 6.45) is 9.78. The zero-order chi connectivity index (χ0) is 17.5. The van der Waals surface area contributed by atoms with Gasteiger partial charge in [-0.15, -0.1) is 10.2 Å². The van der Waals surface area contributed by atoms with Crippen molar-refractivity contribution in [2.24, 2.45) is 0 Å². The highest BCUT2D eigenvalue weighted by Crippen LogP contribution is 2.29. The molecule has 1 saturated heterocycles. The summed E-state index contributed by atoms with van der Waals surface area (Å²) in [5.41, 5.74) is 0. The van der Waals surface area contributed by atoms with Crippen LogP contribution in [0.5, 0.6) is 0 Å². The third-order valence-corrected chi connectivity index (χ3v) is 6.82. The Balaban J connectivity index is 1.42. The SMILES string of the molecule is C[C@H](Sc1nnc(NC[C@@H]2CCCO2)s1)C(=O)NC1CCCCCC1. The number of aromatic nitrogens is 2. The number of rotatable bonds is 7. The molecule has 2 N–H and O–H groups in total. The second-order valence-electron chi connectivity index (χ2n) is 6.85. The average molecular weight is 385 g/mol. The molecule has 6 nitrogen and oxygen atoms in total. The molecule has 1 aliphatic carbocycles. The molecule has 1 aliphatic heterocycles. The Hall–Kier alpha value is -0.860. The van der Waals surface area contributed by atoms with E-state index >= 15 is 0 Å². The van der Waals surface area contributed by atoms with Gasteiger partial charge in [-0.3, -0.25) is 4.79 Å². The first-order valence-corrected chi connectivity index (χ1v) is 11.1. The van der Waals surface area contributed by atoms with Gasteiger partial charge in [0.1, 0.15) is 0 Å². The number of anilines is 1. The minimum absolute atomic E-state index is 0.112. The zero-order valence-electron chi connectivity index (χ0n) is 14.8. The Morgan fingerprint density at radius 1 is 1.24 bits per heavy atom. The van der Waals surface area contributed by atoms with Crippen LogP contribution < -0.4 is 10.6 Å². The van der Waals surface area contributed by atoms with Gasteiger partial charge in [-0.05, 0) is 32.6 Å². The fourth-order valence-corrected chi connectivity index (χ4v) is 5.19. The Morgan fingerprint density at radius 3 is 2.76 bits per heavy atom. The number of nitrogens with zero attached hydrogens (tertiary/aromatic N) is 2. The van der Waals surface area contributed by atoms with Crippen molar-refractivity contribution in [2.75, 3.05) is 18.5 Å². The van der Waals surface area contributed by atoms with Crippen LogP contribution in [0.2, 0.25) is 0 Å². The number of ether oxygens (including phenoxy) is 1. The summed E-state index contributed by atoms with van der Waals surface area (Å²) in [6, 6.07) is 0.344. The summed E-state index contributed by atoms with van der Waals surface area (Å²) in [5.74, 6) is 0.112. The number of carbonyl (C=O) groups excluding carboxylic acids is 1. The molecule has 1 aromatic heterocycles. The molecule has 0 spiro atoms. The van der Waals surface area contributed by atoms with Gasteiger partial charge in [-0.25, -0.2) is 0 Å². The Bertz CT molecular complexity index is 541. The predicted molar refractivity (Wildman–Crippen MR) is 102 cm³/mol. The smallest absolute Gasteiger partial charge is 0.233 e. The molecular weight excluding hydrogens is 356 g/mol. The van der Waals surface area contributed by atoms with Crippen LogP contribution in [0.3, 0.4) is 0 Å². The molecule has 25 heavy (non-hydrogen) atoms. The standard InChI is InChI=1S/C17H28N4O2S2/c1-12(15(22)19-13-7-4-2-3-5-8-13)24-17-21-20-16(25-17)18-11-14-9-6-10-23-14/h12-14H,2-11H2,1H3,(H,18,20)(H,19,22)/t12-,14-/m0/s1. The number of nitrogens with one attached hydrogen (secondary N) is 2. The fourth-order valence-electron chi connectivity index (χ4n) is 3.28. The minimum Gasteiger partial charge on any atom is -0.376 e. The third kappa shape index (κ3) is 6.11. The molecule has 2 atom stereocenters. The molecule has 1 saturated carbocycles. The van der Waals surface area contributed by atoms with E-state index in [1.54, 1.807) is 0 Å². The van der Waals surface area contributed by atoms with E-state index in [2.05, 4.69) is 20.8 Å². The second-order valence-corrected chi connectivity index (χ2v) is 9.41. The molecule has 2 aliphatic rings. The molecule has 2 fully saturated rings. The number of amides is 1. The Morgan fingerprint density at radius 2 is 2.04 bits per heavy atom. The Labute approximate surface area is 157 Å². The average Bonchev–Trinajstić information content (AvgIpc) is 3.21. The first-order chi connectivity index (χ1) is 12.2. The van der Waals surface area contributed by atoms with Crippen LogP contribution in [-0.2, 0) is 9.53 Å². The van der Waals surface area contributed by atoms with Crippen LogP contribution in [0.15, 0.2) is 4.34 Å². The molecule has 0 radical (unpaired) electrons. The lowest BCUT2D eigenvalue weighted by molar-refractivity contribution is -0.121. The number of carbonyl (C=O) groups is 1. The van der Waals surface area contributed by atoms with E-state index in [1.807, 2.05) is 6.92 Å². The largest absolute Gasteiger partial charge is 0.376 e. The molecular formula is C17H28N4O2S2. The highest BCUT2D eigenvalue weighted by Gasteiger charge is 2.21. The molecule has 2 heterocycles. The lowest BCUT2D eigenvalue weighted by atomic mass is 10.1. The fraction of sp³-hybridized carbons (Fsp3) is 0.824. The maximum atomic E-state index is 12.4. The van der Waals surface area contributed by atoms with E-state index in [1.165, 1.54) is 48.8 Å². The van der Waals surface area contributed by atoms with Crippen molar-refractivity contribution in [1.29, 1.82) is 0 Å². The van der Waals surface area contributed by atoms with E-state index in [-0.39, 0.29) is 17.3 Å². The molecule has 0 unspecified atom stereocenters. The van der Waals surface area contributed by atoms with Crippen LogP contribution in [0.4, 0.5) is 5.13 Å². The van der Waals surface area contributed by atoms with Gasteiger partial charge in [0, 0.05) is 19.2 Å². The first-order valence-electron chi connectivity index (χ1n) is 9.37. The summed E-state index contributed by atoms with van der Waals surface area (Å²) in [6.45, 7) is 3.58. The molecule has 8 heteroatoms. The van der Waals surface area contributed by atoms with Crippen molar-refractivity contribution < 1.29 is 9.53 Å². The van der Waals surface area contributed by atoms with E-state index in [0.717, 1.165) is 48.3 Å². The van der Waals surface area contributed by atoms with Gasteiger partial charge in [0.15, 0.2) is 4.34 Å². The molecule has 1 aromatic rings. The third-order valence-electron chi connectivity index (χ3n) is 4.76. The number of hydrogen-bond acceptors (Lipinski definition) is 7. The van der Waals surface area contributed by atoms with Gasteiger partial charge < -0.3 is 15.4 Å². The van der Waals surface area contributed by atoms with Crippen LogP contribution in [0.1, 0.15) is 58.3 Å². The van der Waals surface area contributed by atoms with Crippen molar-refractivity contribution >= 4 is 34.1 Å². The van der Waals surface area contributed by atoms with Gasteiger partial charge in [-0.1, -0.05) is 48.8 Å². The van der Waals surface area contributed by atoms with Crippen molar-refractivity contribution in [2.45, 2.75) is 80.0 Å². The minimum atomic E-state index is -0.151. The monoisotopic (exact) mass is 384 g/mol. The summed E-state index contributed by atoms with van der Waals surface area (Å²) >= 11 is 2.99. The summed E-state index contributed by atoms with van der Waals surface area (Å²) in [4.78, 5) is 12.4. The van der Waals surface area contributed by atoms with Crippen LogP contribution >= 0.6 is 23.1 Å². The van der Waals surface area contributed by atoms with Crippen molar-refractivity contribution in [3.05, 3.63) is 0 Å². The normalized spacial score (nSPS) is 23.2. The van der Waals surface area contributed by atoms with E-state index in [0.29, 0.717) is 6.04 Å². The van der Waals surface area contributed by atoms with Crippen LogP contribution in [0.25, 0.3) is 0 Å². The van der Waals surface area contributed by atoms with Gasteiger partial charge in [0.05, 0.1) is 11.4 Å².